The lowest BCUT2D eigenvalue weighted by Gasteiger charge is -2.32. The van der Waals surface area contributed by atoms with Crippen LogP contribution in [0, 0.1) is 17.7 Å². The van der Waals surface area contributed by atoms with Gasteiger partial charge in [-0.1, -0.05) is 13.8 Å². The highest BCUT2D eigenvalue weighted by Gasteiger charge is 2.25. The number of halogens is 1. The summed E-state index contributed by atoms with van der Waals surface area (Å²) < 4.78 is 18.8. The third-order valence-electron chi connectivity index (χ3n) is 3.40. The molecule has 2 rings (SSSR count). The molecule has 0 amide bonds. The topological polar surface area (TPSA) is 35.2 Å². The van der Waals surface area contributed by atoms with Crippen LogP contribution in [0.1, 0.15) is 33.1 Å². The van der Waals surface area contributed by atoms with Crippen molar-refractivity contribution in [3.05, 3.63) is 24.0 Å². The fourth-order valence-corrected chi connectivity index (χ4v) is 2.78. The quantitative estimate of drug-likeness (QED) is 0.797. The molecule has 2 atom stereocenters. The maximum Gasteiger partial charge on any atom is 0.142 e. The molecule has 1 aliphatic rings. The Kier molecular flexibility index (Phi) is 3.55. The first-order chi connectivity index (χ1) is 8.04. The van der Waals surface area contributed by atoms with Crippen molar-refractivity contribution in [1.29, 1.82) is 0 Å². The first-order valence-corrected chi connectivity index (χ1v) is 6.26. The number of anilines is 1. The van der Waals surface area contributed by atoms with Gasteiger partial charge in [-0.05, 0) is 43.2 Å². The fourth-order valence-electron chi connectivity index (χ4n) is 2.78. The highest BCUT2D eigenvalue weighted by Crippen LogP contribution is 2.33. The van der Waals surface area contributed by atoms with E-state index in [4.69, 9.17) is 10.5 Å². The van der Waals surface area contributed by atoms with E-state index in [0.29, 0.717) is 23.3 Å². The van der Waals surface area contributed by atoms with Gasteiger partial charge in [0, 0.05) is 6.07 Å². The van der Waals surface area contributed by atoms with Gasteiger partial charge in [-0.25, -0.2) is 4.39 Å². The zero-order chi connectivity index (χ0) is 12.4. The Bertz CT molecular complexity index is 384. The van der Waals surface area contributed by atoms with E-state index in [9.17, 15) is 4.39 Å². The van der Waals surface area contributed by atoms with Gasteiger partial charge in [0.1, 0.15) is 11.6 Å². The number of hydrogen-bond donors (Lipinski definition) is 1. The highest BCUT2D eigenvalue weighted by molar-refractivity contribution is 5.52. The van der Waals surface area contributed by atoms with Crippen LogP contribution in [-0.4, -0.2) is 6.10 Å². The zero-order valence-electron chi connectivity index (χ0n) is 10.4. The van der Waals surface area contributed by atoms with Crippen molar-refractivity contribution in [2.75, 3.05) is 5.73 Å². The summed E-state index contributed by atoms with van der Waals surface area (Å²) >= 11 is 0. The molecule has 94 valence electrons. The molecule has 1 saturated carbocycles. The van der Waals surface area contributed by atoms with E-state index in [1.54, 1.807) is 6.07 Å². The van der Waals surface area contributed by atoms with E-state index in [-0.39, 0.29) is 11.9 Å². The second-order valence-electron chi connectivity index (χ2n) is 5.34. The molecule has 0 bridgehead atoms. The minimum atomic E-state index is -0.319. The van der Waals surface area contributed by atoms with E-state index in [0.717, 1.165) is 12.8 Å². The van der Waals surface area contributed by atoms with Crippen LogP contribution in [0.2, 0.25) is 0 Å². The minimum Gasteiger partial charge on any atom is -0.488 e. The molecule has 0 aliphatic heterocycles. The van der Waals surface area contributed by atoms with Gasteiger partial charge < -0.3 is 10.5 Å². The SMILES string of the molecule is CC1CC(C)CC(Oc2ccc(F)cc2N)C1. The van der Waals surface area contributed by atoms with Crippen LogP contribution < -0.4 is 10.5 Å². The summed E-state index contributed by atoms with van der Waals surface area (Å²) in [6.07, 6.45) is 3.59. The number of nitrogen functional groups attached to an aromatic ring is 1. The van der Waals surface area contributed by atoms with Gasteiger partial charge in [0.15, 0.2) is 0 Å². The second kappa shape index (κ2) is 4.94. The Balaban J connectivity index is 2.04. The normalized spacial score (nSPS) is 29.0. The Morgan fingerprint density at radius 3 is 2.41 bits per heavy atom. The minimum absolute atomic E-state index is 0.210. The van der Waals surface area contributed by atoms with E-state index >= 15 is 0 Å². The Morgan fingerprint density at radius 1 is 1.18 bits per heavy atom. The molecule has 1 aliphatic carbocycles. The predicted octanol–water partition coefficient (Wildman–Crippen LogP) is 3.61. The molecular formula is C14H20FNO. The Labute approximate surface area is 102 Å². The van der Waals surface area contributed by atoms with Gasteiger partial charge >= 0.3 is 0 Å². The summed E-state index contributed by atoms with van der Waals surface area (Å²) in [5.74, 6) is 1.66. The molecule has 2 unspecified atom stereocenters. The summed E-state index contributed by atoms with van der Waals surface area (Å²) in [5.41, 5.74) is 6.13. The summed E-state index contributed by atoms with van der Waals surface area (Å²) in [6, 6.07) is 4.32. The lowest BCUT2D eigenvalue weighted by molar-refractivity contribution is 0.102. The largest absolute Gasteiger partial charge is 0.488 e. The molecular weight excluding hydrogens is 217 g/mol. The Morgan fingerprint density at radius 2 is 1.82 bits per heavy atom. The number of ether oxygens (including phenoxy) is 1. The number of hydrogen-bond acceptors (Lipinski definition) is 2. The third-order valence-corrected chi connectivity index (χ3v) is 3.40. The first kappa shape index (κ1) is 12.2. The van der Waals surface area contributed by atoms with Crippen LogP contribution in [0.15, 0.2) is 18.2 Å². The molecule has 17 heavy (non-hydrogen) atoms. The lowest BCUT2D eigenvalue weighted by Crippen LogP contribution is -2.28. The van der Waals surface area contributed by atoms with E-state index in [2.05, 4.69) is 13.8 Å². The van der Waals surface area contributed by atoms with Crippen molar-refractivity contribution in [2.45, 2.75) is 39.2 Å². The fraction of sp³-hybridized carbons (Fsp3) is 0.571. The zero-order valence-corrected chi connectivity index (χ0v) is 10.4. The average Bonchev–Trinajstić information content (AvgIpc) is 2.21. The van der Waals surface area contributed by atoms with Crippen LogP contribution in [0.5, 0.6) is 5.75 Å². The van der Waals surface area contributed by atoms with Crippen molar-refractivity contribution in [2.24, 2.45) is 11.8 Å². The van der Waals surface area contributed by atoms with Crippen molar-refractivity contribution in [1.82, 2.24) is 0 Å². The van der Waals surface area contributed by atoms with Gasteiger partial charge in [0.05, 0.1) is 11.8 Å². The van der Waals surface area contributed by atoms with Crippen LogP contribution in [0.4, 0.5) is 10.1 Å². The van der Waals surface area contributed by atoms with E-state index in [1.807, 2.05) is 0 Å². The van der Waals surface area contributed by atoms with Gasteiger partial charge in [-0.3, -0.25) is 0 Å². The molecule has 1 aromatic rings. The Hall–Kier alpha value is -1.25. The number of nitrogens with two attached hydrogens (primary N) is 1. The standard InChI is InChI=1S/C14H20FNO/c1-9-5-10(2)7-12(6-9)17-14-4-3-11(15)8-13(14)16/h3-4,8-10,12H,5-7,16H2,1-2H3. The monoisotopic (exact) mass is 237 g/mol. The summed E-state index contributed by atoms with van der Waals surface area (Å²) in [7, 11) is 0. The van der Waals surface area contributed by atoms with Gasteiger partial charge in [0.2, 0.25) is 0 Å². The summed E-state index contributed by atoms with van der Waals surface area (Å²) in [4.78, 5) is 0. The van der Waals surface area contributed by atoms with E-state index < -0.39 is 0 Å². The molecule has 2 N–H and O–H groups in total. The first-order valence-electron chi connectivity index (χ1n) is 6.26. The maximum absolute atomic E-state index is 12.9. The molecule has 1 aromatic carbocycles. The average molecular weight is 237 g/mol. The molecule has 3 heteroatoms. The van der Waals surface area contributed by atoms with Crippen molar-refractivity contribution in [3.63, 3.8) is 0 Å². The maximum atomic E-state index is 12.9. The van der Waals surface area contributed by atoms with Crippen LogP contribution in [0.3, 0.4) is 0 Å². The van der Waals surface area contributed by atoms with E-state index in [1.165, 1.54) is 18.6 Å². The van der Waals surface area contributed by atoms with Gasteiger partial charge in [0.25, 0.3) is 0 Å². The molecule has 1 fully saturated rings. The molecule has 2 nitrogen and oxygen atoms in total. The second-order valence-corrected chi connectivity index (χ2v) is 5.34. The predicted molar refractivity (Wildman–Crippen MR) is 67.4 cm³/mol. The van der Waals surface area contributed by atoms with Gasteiger partial charge in [-0.15, -0.1) is 0 Å². The van der Waals surface area contributed by atoms with Crippen molar-refractivity contribution in [3.8, 4) is 5.75 Å². The molecule has 0 saturated heterocycles. The van der Waals surface area contributed by atoms with Gasteiger partial charge in [-0.2, -0.15) is 0 Å². The van der Waals surface area contributed by atoms with Crippen LogP contribution in [0.25, 0.3) is 0 Å². The molecule has 0 heterocycles. The van der Waals surface area contributed by atoms with Crippen LogP contribution in [-0.2, 0) is 0 Å². The third kappa shape index (κ3) is 3.11. The number of benzene rings is 1. The number of rotatable bonds is 2. The molecule has 0 radical (unpaired) electrons. The van der Waals surface area contributed by atoms with Crippen molar-refractivity contribution >= 4 is 5.69 Å². The molecule has 0 spiro atoms. The molecule has 0 aromatic heterocycles. The lowest BCUT2D eigenvalue weighted by atomic mass is 9.82. The smallest absolute Gasteiger partial charge is 0.142 e. The van der Waals surface area contributed by atoms with Crippen molar-refractivity contribution < 1.29 is 9.13 Å². The van der Waals surface area contributed by atoms with Crippen LogP contribution >= 0.6 is 0 Å². The summed E-state index contributed by atoms with van der Waals surface area (Å²) in [5, 5.41) is 0. The summed E-state index contributed by atoms with van der Waals surface area (Å²) in [6.45, 7) is 4.50. The highest BCUT2D eigenvalue weighted by atomic mass is 19.1.